The zero-order chi connectivity index (χ0) is 13.7. The van der Waals surface area contributed by atoms with Crippen molar-refractivity contribution >= 4 is 34.8 Å². The smallest absolute Gasteiger partial charge is 0.139 e. The molecule has 0 bridgehead atoms. The first kappa shape index (κ1) is 15.2. The molecule has 19 heavy (non-hydrogen) atoms. The molecular formula is C14H18Cl3NO. The highest BCUT2D eigenvalue weighted by molar-refractivity contribution is 6.43. The molecule has 106 valence electrons. The first-order valence-corrected chi connectivity index (χ1v) is 7.81. The lowest BCUT2D eigenvalue weighted by Gasteiger charge is -2.09. The SMILES string of the molecule is Clc1cc(Cl)c(OCCCCCNC2CC2)cc1Cl. The van der Waals surface area contributed by atoms with E-state index >= 15 is 0 Å². The van der Waals surface area contributed by atoms with Gasteiger partial charge in [0, 0.05) is 12.1 Å². The minimum absolute atomic E-state index is 0.449. The average molecular weight is 323 g/mol. The molecule has 1 aromatic carbocycles. The lowest BCUT2D eigenvalue weighted by Crippen LogP contribution is -2.17. The van der Waals surface area contributed by atoms with E-state index in [0.29, 0.717) is 27.4 Å². The van der Waals surface area contributed by atoms with Gasteiger partial charge in [-0.2, -0.15) is 0 Å². The van der Waals surface area contributed by atoms with Crippen LogP contribution in [0.1, 0.15) is 32.1 Å². The Morgan fingerprint density at radius 1 is 1.00 bits per heavy atom. The van der Waals surface area contributed by atoms with Gasteiger partial charge in [0.2, 0.25) is 0 Å². The number of hydrogen-bond acceptors (Lipinski definition) is 2. The molecule has 0 saturated heterocycles. The van der Waals surface area contributed by atoms with Crippen LogP contribution >= 0.6 is 34.8 Å². The zero-order valence-corrected chi connectivity index (χ0v) is 13.0. The molecule has 1 aliphatic carbocycles. The molecule has 1 aliphatic rings. The van der Waals surface area contributed by atoms with Crippen molar-refractivity contribution in [1.29, 1.82) is 0 Å². The van der Waals surface area contributed by atoms with E-state index in [-0.39, 0.29) is 0 Å². The highest BCUT2D eigenvalue weighted by Gasteiger charge is 2.19. The lowest BCUT2D eigenvalue weighted by molar-refractivity contribution is 0.305. The van der Waals surface area contributed by atoms with Gasteiger partial charge in [-0.15, -0.1) is 0 Å². The molecule has 5 heteroatoms. The second kappa shape index (κ2) is 7.58. The van der Waals surface area contributed by atoms with E-state index in [0.717, 1.165) is 25.4 Å². The standard InChI is InChI=1S/C14H18Cl3NO/c15-11-8-13(17)14(9-12(11)16)19-7-3-1-2-6-18-10-4-5-10/h8-10,18H,1-7H2. The molecule has 0 amide bonds. The van der Waals surface area contributed by atoms with Crippen LogP contribution in [0.15, 0.2) is 12.1 Å². The molecule has 0 aliphatic heterocycles. The Hall–Kier alpha value is -0.150. The lowest BCUT2D eigenvalue weighted by atomic mass is 10.2. The van der Waals surface area contributed by atoms with E-state index < -0.39 is 0 Å². The third kappa shape index (κ3) is 5.39. The quantitative estimate of drug-likeness (QED) is 0.540. The summed E-state index contributed by atoms with van der Waals surface area (Å²) in [6, 6.07) is 4.08. The van der Waals surface area contributed by atoms with Crippen LogP contribution in [0.25, 0.3) is 0 Å². The Morgan fingerprint density at radius 3 is 2.47 bits per heavy atom. The van der Waals surface area contributed by atoms with Crippen molar-refractivity contribution < 1.29 is 4.74 Å². The molecule has 1 fully saturated rings. The minimum atomic E-state index is 0.449. The summed E-state index contributed by atoms with van der Waals surface area (Å²) in [4.78, 5) is 0. The van der Waals surface area contributed by atoms with E-state index in [1.807, 2.05) is 0 Å². The van der Waals surface area contributed by atoms with Crippen LogP contribution < -0.4 is 10.1 Å². The fourth-order valence-corrected chi connectivity index (χ4v) is 2.39. The number of halogens is 3. The van der Waals surface area contributed by atoms with Gasteiger partial charge in [0.05, 0.1) is 21.7 Å². The Bertz CT molecular complexity index is 421. The minimum Gasteiger partial charge on any atom is -0.492 e. The van der Waals surface area contributed by atoms with Crippen LogP contribution in [0.4, 0.5) is 0 Å². The van der Waals surface area contributed by atoms with Crippen molar-refractivity contribution in [3.8, 4) is 5.75 Å². The van der Waals surface area contributed by atoms with Crippen LogP contribution in [-0.4, -0.2) is 19.2 Å². The Kier molecular flexibility index (Phi) is 6.08. The van der Waals surface area contributed by atoms with Crippen LogP contribution in [0.5, 0.6) is 5.75 Å². The number of rotatable bonds is 8. The van der Waals surface area contributed by atoms with E-state index in [4.69, 9.17) is 39.5 Å². The maximum Gasteiger partial charge on any atom is 0.139 e. The summed E-state index contributed by atoms with van der Waals surface area (Å²) in [5.74, 6) is 0.604. The first-order chi connectivity index (χ1) is 9.16. The maximum absolute atomic E-state index is 6.03. The molecule has 1 N–H and O–H groups in total. The summed E-state index contributed by atoms with van der Waals surface area (Å²) >= 11 is 17.8. The van der Waals surface area contributed by atoms with Gasteiger partial charge >= 0.3 is 0 Å². The third-order valence-corrected chi connectivity index (χ3v) is 4.08. The molecule has 0 heterocycles. The summed E-state index contributed by atoms with van der Waals surface area (Å²) in [5, 5.41) is 4.91. The molecule has 1 saturated carbocycles. The van der Waals surface area contributed by atoms with Crippen molar-refractivity contribution in [3.05, 3.63) is 27.2 Å². The third-order valence-electron chi connectivity index (χ3n) is 3.06. The van der Waals surface area contributed by atoms with Crippen LogP contribution in [0.2, 0.25) is 15.1 Å². The van der Waals surface area contributed by atoms with Crippen LogP contribution in [0, 0.1) is 0 Å². The molecule has 0 unspecified atom stereocenters. The molecule has 1 aromatic rings. The van der Waals surface area contributed by atoms with E-state index in [2.05, 4.69) is 5.32 Å². The molecule has 0 atom stereocenters. The summed E-state index contributed by atoms with van der Waals surface area (Å²) in [6.07, 6.45) is 6.05. The average Bonchev–Trinajstić information content (AvgIpc) is 3.18. The summed E-state index contributed by atoms with van der Waals surface area (Å²) in [7, 11) is 0. The van der Waals surface area contributed by atoms with Crippen molar-refractivity contribution in [3.63, 3.8) is 0 Å². The fourth-order valence-electron chi connectivity index (χ4n) is 1.79. The van der Waals surface area contributed by atoms with Gasteiger partial charge in [-0.1, -0.05) is 34.8 Å². The second-order valence-electron chi connectivity index (χ2n) is 4.83. The fraction of sp³-hybridized carbons (Fsp3) is 0.571. The van der Waals surface area contributed by atoms with Gasteiger partial charge in [-0.3, -0.25) is 0 Å². The monoisotopic (exact) mass is 321 g/mol. The summed E-state index contributed by atoms with van der Waals surface area (Å²) in [5.41, 5.74) is 0. The Morgan fingerprint density at radius 2 is 1.74 bits per heavy atom. The molecule has 2 nitrogen and oxygen atoms in total. The van der Waals surface area contributed by atoms with Crippen molar-refractivity contribution in [2.45, 2.75) is 38.1 Å². The van der Waals surface area contributed by atoms with Crippen LogP contribution in [0.3, 0.4) is 0 Å². The highest BCUT2D eigenvalue weighted by atomic mass is 35.5. The van der Waals surface area contributed by atoms with Gasteiger partial charge in [-0.25, -0.2) is 0 Å². The molecule has 0 aromatic heterocycles. The number of hydrogen-bond donors (Lipinski definition) is 1. The predicted octanol–water partition coefficient (Wildman–Crippen LogP) is 4.95. The second-order valence-corrected chi connectivity index (χ2v) is 6.06. The van der Waals surface area contributed by atoms with E-state index in [1.54, 1.807) is 12.1 Å². The van der Waals surface area contributed by atoms with Crippen molar-refractivity contribution in [2.24, 2.45) is 0 Å². The summed E-state index contributed by atoms with van der Waals surface area (Å²) in [6.45, 7) is 1.76. The number of benzene rings is 1. The van der Waals surface area contributed by atoms with Gasteiger partial charge in [0.25, 0.3) is 0 Å². The molecule has 2 rings (SSSR count). The predicted molar refractivity (Wildman–Crippen MR) is 81.8 cm³/mol. The number of unbranched alkanes of at least 4 members (excludes halogenated alkanes) is 2. The van der Waals surface area contributed by atoms with Gasteiger partial charge in [-0.05, 0) is 44.7 Å². The molecule has 0 radical (unpaired) electrons. The molecular weight excluding hydrogens is 305 g/mol. The maximum atomic E-state index is 6.03. The van der Waals surface area contributed by atoms with Crippen LogP contribution in [-0.2, 0) is 0 Å². The Labute approximate surface area is 129 Å². The van der Waals surface area contributed by atoms with Gasteiger partial charge in [0.1, 0.15) is 5.75 Å². The van der Waals surface area contributed by atoms with Gasteiger partial charge < -0.3 is 10.1 Å². The van der Waals surface area contributed by atoms with Crippen molar-refractivity contribution in [1.82, 2.24) is 5.32 Å². The molecule has 0 spiro atoms. The van der Waals surface area contributed by atoms with Gasteiger partial charge in [0.15, 0.2) is 0 Å². The largest absolute Gasteiger partial charge is 0.492 e. The number of nitrogens with one attached hydrogen (secondary N) is 1. The first-order valence-electron chi connectivity index (χ1n) is 6.67. The summed E-state index contributed by atoms with van der Waals surface area (Å²) < 4.78 is 5.62. The topological polar surface area (TPSA) is 21.3 Å². The number of ether oxygens (including phenoxy) is 1. The van der Waals surface area contributed by atoms with E-state index in [1.165, 1.54) is 19.3 Å². The van der Waals surface area contributed by atoms with Crippen molar-refractivity contribution in [2.75, 3.05) is 13.2 Å². The zero-order valence-electron chi connectivity index (χ0n) is 10.7. The van der Waals surface area contributed by atoms with E-state index in [9.17, 15) is 0 Å². The highest BCUT2D eigenvalue weighted by Crippen LogP contribution is 2.33. The Balaban J connectivity index is 1.60. The normalized spacial score (nSPS) is 14.7.